The molecule has 1 amide bonds. The number of ether oxygens (including phenoxy) is 3. The average Bonchev–Trinajstić information content (AvgIpc) is 3.29. The molecule has 370 valence electrons. The van der Waals surface area contributed by atoms with Crippen LogP contribution in [0.1, 0.15) is 201 Å². The van der Waals surface area contributed by atoms with Gasteiger partial charge in [-0.05, 0) is 64.2 Å². The number of aliphatic hydroxyl groups excluding tert-OH is 5. The topological polar surface area (TPSA) is 175 Å². The first-order valence-electron chi connectivity index (χ1n) is 25.6. The fraction of sp³-hybridized carbons (Fsp3) is 0.774. The van der Waals surface area contributed by atoms with Crippen molar-refractivity contribution in [2.24, 2.45) is 0 Å². The van der Waals surface area contributed by atoms with Gasteiger partial charge in [-0.15, -0.1) is 0 Å². The maximum absolute atomic E-state index is 13.3. The van der Waals surface area contributed by atoms with Crippen molar-refractivity contribution in [2.75, 3.05) is 13.2 Å². The van der Waals surface area contributed by atoms with Gasteiger partial charge in [0, 0.05) is 6.42 Å². The highest BCUT2D eigenvalue weighted by Gasteiger charge is 2.47. The Morgan fingerprint density at radius 3 is 1.77 bits per heavy atom. The molecule has 1 fully saturated rings. The molecule has 64 heavy (non-hydrogen) atoms. The Morgan fingerprint density at radius 2 is 1.16 bits per heavy atom. The summed E-state index contributed by atoms with van der Waals surface area (Å²) in [6.07, 6.45) is 38.5. The van der Waals surface area contributed by atoms with Crippen molar-refractivity contribution < 1.29 is 49.3 Å². The number of carbonyl (C=O) groups excluding carboxylic acids is 2. The largest absolute Gasteiger partial charge is 0.454 e. The molecule has 1 saturated heterocycles. The monoisotopic (exact) mass is 904 g/mol. The van der Waals surface area contributed by atoms with Crippen LogP contribution in [-0.2, 0) is 23.8 Å². The van der Waals surface area contributed by atoms with Gasteiger partial charge in [0.05, 0.1) is 25.4 Å². The van der Waals surface area contributed by atoms with E-state index in [4.69, 9.17) is 14.2 Å². The van der Waals surface area contributed by atoms with Gasteiger partial charge in [0.25, 0.3) is 0 Å². The first kappa shape index (κ1) is 59.4. The summed E-state index contributed by atoms with van der Waals surface area (Å²) in [5.74, 6) is -1.23. The van der Waals surface area contributed by atoms with Gasteiger partial charge < -0.3 is 45.1 Å². The van der Waals surface area contributed by atoms with Crippen LogP contribution in [0.15, 0.2) is 60.8 Å². The van der Waals surface area contributed by atoms with Crippen molar-refractivity contribution in [1.82, 2.24) is 5.32 Å². The van der Waals surface area contributed by atoms with Gasteiger partial charge in [0.1, 0.15) is 24.4 Å². The number of hydrogen-bond donors (Lipinski definition) is 6. The van der Waals surface area contributed by atoms with Crippen molar-refractivity contribution in [2.45, 2.75) is 250 Å². The standard InChI is InChI=1S/C53H93NO10/c1-4-7-10-13-16-19-22-24-26-29-32-35-38-41-48(58)64-51-50(60)49(59)47(42-55)63-53(51)62-43-44(45(56)39-36-33-30-28-25-23-20-17-14-11-8-5-2)54-52(61)46(57)40-37-34-31-27-21-18-15-12-9-6-3/h7,10,13,15-16,18-19,22,36,39,44-47,49-51,53,55-57,59-60H,4-6,8-9,11-12,14,17,20-21,23-35,37-38,40-43H2,1-3H3,(H,54,61)/b10-7+,16-13+,18-15-,22-19-,39-36+. The minimum Gasteiger partial charge on any atom is -0.454 e. The predicted molar refractivity (Wildman–Crippen MR) is 260 cm³/mol. The van der Waals surface area contributed by atoms with Gasteiger partial charge in [0.15, 0.2) is 12.4 Å². The molecule has 0 aliphatic carbocycles. The highest BCUT2D eigenvalue weighted by molar-refractivity contribution is 5.80. The van der Waals surface area contributed by atoms with Crippen molar-refractivity contribution in [1.29, 1.82) is 0 Å². The van der Waals surface area contributed by atoms with Crippen LogP contribution in [0.5, 0.6) is 0 Å². The molecule has 0 aromatic carbocycles. The molecule has 0 spiro atoms. The molecule has 0 bridgehead atoms. The third kappa shape index (κ3) is 30.5. The van der Waals surface area contributed by atoms with E-state index in [-0.39, 0.29) is 19.4 Å². The average molecular weight is 904 g/mol. The minimum atomic E-state index is -1.62. The summed E-state index contributed by atoms with van der Waals surface area (Å²) in [6, 6.07) is -1.03. The molecule has 6 N–H and O–H groups in total. The van der Waals surface area contributed by atoms with Crippen LogP contribution < -0.4 is 5.32 Å². The Morgan fingerprint density at radius 1 is 0.625 bits per heavy atom. The molecule has 1 rings (SSSR count). The van der Waals surface area contributed by atoms with Gasteiger partial charge in [-0.2, -0.15) is 0 Å². The van der Waals surface area contributed by atoms with Gasteiger partial charge in [-0.25, -0.2) is 0 Å². The van der Waals surface area contributed by atoms with Gasteiger partial charge in [-0.3, -0.25) is 9.59 Å². The van der Waals surface area contributed by atoms with E-state index >= 15 is 0 Å². The van der Waals surface area contributed by atoms with Crippen molar-refractivity contribution >= 4 is 11.9 Å². The van der Waals surface area contributed by atoms with E-state index in [9.17, 15) is 35.1 Å². The Labute approximate surface area is 388 Å². The molecule has 0 aromatic rings. The number of nitrogens with one attached hydrogen (secondary N) is 1. The third-order valence-electron chi connectivity index (χ3n) is 11.7. The summed E-state index contributed by atoms with van der Waals surface area (Å²) < 4.78 is 17.5. The minimum absolute atomic E-state index is 0.0979. The summed E-state index contributed by atoms with van der Waals surface area (Å²) in [6.45, 7) is 5.54. The van der Waals surface area contributed by atoms with Crippen LogP contribution in [0, 0.1) is 0 Å². The fourth-order valence-corrected chi connectivity index (χ4v) is 7.57. The van der Waals surface area contributed by atoms with E-state index in [2.05, 4.69) is 56.5 Å². The van der Waals surface area contributed by atoms with Gasteiger partial charge in [-0.1, -0.05) is 191 Å². The maximum Gasteiger partial charge on any atom is 0.306 e. The van der Waals surface area contributed by atoms with Crippen LogP contribution in [0.3, 0.4) is 0 Å². The molecular weight excluding hydrogens is 811 g/mol. The second-order valence-electron chi connectivity index (χ2n) is 17.6. The van der Waals surface area contributed by atoms with Crippen molar-refractivity contribution in [3.63, 3.8) is 0 Å². The summed E-state index contributed by atoms with van der Waals surface area (Å²) in [4.78, 5) is 26.3. The normalized spacial score (nSPS) is 20.9. The van der Waals surface area contributed by atoms with Crippen LogP contribution >= 0.6 is 0 Å². The first-order valence-corrected chi connectivity index (χ1v) is 25.6. The fourth-order valence-electron chi connectivity index (χ4n) is 7.57. The summed E-state index contributed by atoms with van der Waals surface area (Å²) in [7, 11) is 0. The molecule has 1 aliphatic rings. The second kappa shape index (κ2) is 41.8. The van der Waals surface area contributed by atoms with Gasteiger partial charge in [0.2, 0.25) is 5.91 Å². The van der Waals surface area contributed by atoms with E-state index < -0.39 is 67.4 Å². The zero-order chi connectivity index (χ0) is 46.9. The Balaban J connectivity index is 2.81. The Kier molecular flexibility index (Phi) is 38.7. The Hall–Kier alpha value is -2.64. The summed E-state index contributed by atoms with van der Waals surface area (Å²) in [5, 5.41) is 56.5. The molecule has 1 aliphatic heterocycles. The number of unbranched alkanes of at least 4 members (excludes halogenated alkanes) is 21. The van der Waals surface area contributed by atoms with Crippen LogP contribution in [-0.4, -0.2) is 99.6 Å². The number of rotatable bonds is 41. The maximum atomic E-state index is 13.3. The lowest BCUT2D eigenvalue weighted by atomic mass is 9.99. The molecule has 8 atom stereocenters. The smallest absolute Gasteiger partial charge is 0.306 e. The number of allylic oxidation sites excluding steroid dienone is 9. The van der Waals surface area contributed by atoms with Crippen LogP contribution in [0.4, 0.5) is 0 Å². The molecule has 11 heteroatoms. The van der Waals surface area contributed by atoms with E-state index in [0.717, 1.165) is 89.9 Å². The lowest BCUT2D eigenvalue weighted by molar-refractivity contribution is -0.305. The number of hydrogen-bond acceptors (Lipinski definition) is 10. The molecule has 1 heterocycles. The Bertz CT molecular complexity index is 1270. The summed E-state index contributed by atoms with van der Waals surface area (Å²) in [5.41, 5.74) is 0. The molecule has 0 saturated carbocycles. The van der Waals surface area contributed by atoms with E-state index in [1.165, 1.54) is 64.2 Å². The van der Waals surface area contributed by atoms with E-state index in [1.54, 1.807) is 6.08 Å². The van der Waals surface area contributed by atoms with E-state index in [1.807, 2.05) is 24.3 Å². The predicted octanol–water partition coefficient (Wildman–Crippen LogP) is 10.3. The zero-order valence-electron chi connectivity index (χ0n) is 40.4. The second-order valence-corrected chi connectivity index (χ2v) is 17.6. The van der Waals surface area contributed by atoms with Crippen molar-refractivity contribution in [3.8, 4) is 0 Å². The first-order chi connectivity index (χ1) is 31.2. The number of carbonyl (C=O) groups is 2. The van der Waals surface area contributed by atoms with Gasteiger partial charge >= 0.3 is 5.97 Å². The molecule has 0 radical (unpaired) electrons. The number of amides is 1. The van der Waals surface area contributed by atoms with Crippen LogP contribution in [0.2, 0.25) is 0 Å². The quantitative estimate of drug-likeness (QED) is 0.0150. The molecule has 8 unspecified atom stereocenters. The van der Waals surface area contributed by atoms with Crippen molar-refractivity contribution in [3.05, 3.63) is 60.8 Å². The molecule has 0 aromatic heterocycles. The number of aliphatic hydroxyl groups is 5. The highest BCUT2D eigenvalue weighted by Crippen LogP contribution is 2.26. The molecule has 11 nitrogen and oxygen atoms in total. The lowest BCUT2D eigenvalue weighted by Gasteiger charge is -2.41. The van der Waals surface area contributed by atoms with E-state index in [0.29, 0.717) is 12.8 Å². The third-order valence-corrected chi connectivity index (χ3v) is 11.7. The lowest BCUT2D eigenvalue weighted by Crippen LogP contribution is -2.61. The highest BCUT2D eigenvalue weighted by atomic mass is 16.7. The zero-order valence-corrected chi connectivity index (χ0v) is 40.4. The number of esters is 1. The molecular formula is C53H93NO10. The summed E-state index contributed by atoms with van der Waals surface area (Å²) >= 11 is 0. The van der Waals surface area contributed by atoms with Crippen LogP contribution in [0.25, 0.3) is 0 Å². The SMILES string of the molecule is CC/C=C/C=C/C=C\CCCCCCCC(=O)OC1C(OCC(NC(=O)C(O)CCCCCC/C=C\CCCC)C(O)/C=C/CCCCCCCCCCCC)OC(CO)C(O)C1O.